The molecule has 2 atom stereocenters. The predicted molar refractivity (Wildman–Crippen MR) is 139 cm³/mol. The summed E-state index contributed by atoms with van der Waals surface area (Å²) in [5.41, 5.74) is 6.37. The van der Waals surface area contributed by atoms with Crippen LogP contribution >= 0.6 is 0 Å². The van der Waals surface area contributed by atoms with Gasteiger partial charge in [0.15, 0.2) is 5.96 Å². The summed E-state index contributed by atoms with van der Waals surface area (Å²) in [5, 5.41) is 13.0. The number of amides is 3. The van der Waals surface area contributed by atoms with E-state index in [0.29, 0.717) is 19.6 Å². The number of guanidine groups is 1. The van der Waals surface area contributed by atoms with E-state index in [9.17, 15) is 19.2 Å². The Balaban J connectivity index is 1.62. The van der Waals surface area contributed by atoms with Gasteiger partial charge < -0.3 is 35.6 Å². The molecular weight excluding hydrogens is 492 g/mol. The van der Waals surface area contributed by atoms with Crippen molar-refractivity contribution in [3.63, 3.8) is 0 Å². The molecule has 0 unspecified atom stereocenters. The number of benzene rings is 1. The molecule has 3 rings (SSSR count). The first kappa shape index (κ1) is 28.7. The maximum Gasteiger partial charge on any atom is 0.408 e. The number of esters is 1. The summed E-state index contributed by atoms with van der Waals surface area (Å²) in [6.45, 7) is 3.25. The van der Waals surface area contributed by atoms with Crippen LogP contribution in [-0.4, -0.2) is 84.5 Å². The maximum absolute atomic E-state index is 13.5. The van der Waals surface area contributed by atoms with Gasteiger partial charge in [0.1, 0.15) is 19.2 Å². The second-order valence-electron chi connectivity index (χ2n) is 9.61. The molecule has 0 radical (unpaired) electrons. The van der Waals surface area contributed by atoms with Gasteiger partial charge >= 0.3 is 12.1 Å². The average molecular weight is 531 g/mol. The number of nitrogens with two attached hydrogens (primary N) is 1. The van der Waals surface area contributed by atoms with Crippen molar-refractivity contribution in [3.05, 3.63) is 35.9 Å². The first-order chi connectivity index (χ1) is 18.3. The molecule has 1 saturated heterocycles. The second-order valence-corrected chi connectivity index (χ2v) is 9.61. The highest BCUT2D eigenvalue weighted by atomic mass is 16.5. The molecule has 1 aliphatic heterocycles. The Bertz CT molecular complexity index is 986. The summed E-state index contributed by atoms with van der Waals surface area (Å²) in [6.07, 6.45) is 2.06. The molecule has 3 amide bonds. The van der Waals surface area contributed by atoms with Crippen LogP contribution in [0.15, 0.2) is 30.3 Å². The summed E-state index contributed by atoms with van der Waals surface area (Å²) in [7, 11) is 0. The number of carbonyl (C=O) groups excluding carboxylic acids is 4. The number of rotatable bonds is 12. The number of ether oxygens (including phenoxy) is 2. The fourth-order valence-corrected chi connectivity index (χ4v) is 4.39. The molecule has 1 aromatic carbocycles. The van der Waals surface area contributed by atoms with Gasteiger partial charge in [0.2, 0.25) is 11.8 Å². The average Bonchev–Trinajstić information content (AvgIpc) is 3.75. The molecule has 2 aliphatic rings. The first-order valence-corrected chi connectivity index (χ1v) is 13.1. The van der Waals surface area contributed by atoms with Crippen LogP contribution in [0, 0.1) is 11.3 Å². The minimum atomic E-state index is -1.21. The van der Waals surface area contributed by atoms with Crippen LogP contribution in [0.2, 0.25) is 0 Å². The van der Waals surface area contributed by atoms with Crippen molar-refractivity contribution in [1.29, 1.82) is 5.41 Å². The van der Waals surface area contributed by atoms with Crippen molar-refractivity contribution < 1.29 is 28.7 Å². The topological polar surface area (TPSA) is 167 Å². The monoisotopic (exact) mass is 530 g/mol. The molecule has 0 bridgehead atoms. The van der Waals surface area contributed by atoms with E-state index < -0.39 is 29.9 Å². The van der Waals surface area contributed by atoms with E-state index in [-0.39, 0.29) is 44.1 Å². The molecule has 1 aromatic rings. The molecule has 12 heteroatoms. The quantitative estimate of drug-likeness (QED) is 0.176. The van der Waals surface area contributed by atoms with Crippen LogP contribution in [0.25, 0.3) is 0 Å². The highest BCUT2D eigenvalue weighted by molar-refractivity contribution is 5.92. The van der Waals surface area contributed by atoms with Crippen LogP contribution < -0.4 is 16.4 Å². The molecule has 0 aromatic heterocycles. The number of nitrogens with zero attached hydrogens (tertiary/aromatic N) is 2. The summed E-state index contributed by atoms with van der Waals surface area (Å²) < 4.78 is 10.3. The Morgan fingerprint density at radius 3 is 2.55 bits per heavy atom. The van der Waals surface area contributed by atoms with Gasteiger partial charge in [-0.25, -0.2) is 4.79 Å². The normalized spacial score (nSPS) is 17.6. The zero-order valence-electron chi connectivity index (χ0n) is 21.8. The van der Waals surface area contributed by atoms with Crippen LogP contribution in [0.5, 0.6) is 0 Å². The van der Waals surface area contributed by atoms with E-state index in [1.807, 2.05) is 18.2 Å². The van der Waals surface area contributed by atoms with Crippen molar-refractivity contribution >= 4 is 29.8 Å². The lowest BCUT2D eigenvalue weighted by Gasteiger charge is -2.33. The summed E-state index contributed by atoms with van der Waals surface area (Å²) in [4.78, 5) is 54.2. The van der Waals surface area contributed by atoms with E-state index >= 15 is 0 Å². The molecule has 12 nitrogen and oxygen atoms in total. The number of hydrogen-bond donors (Lipinski definition) is 4. The van der Waals surface area contributed by atoms with Gasteiger partial charge in [0.25, 0.3) is 0 Å². The molecule has 1 saturated carbocycles. The standard InChI is InChI=1S/C26H38N6O6/c1-2-37-23(34)16-32(20-10-11-20)24(35)21(30-26(36)38-17-18-7-4-3-5-8-18)13-22(33)29-14-19-9-6-12-31(15-19)25(27)28/h3-5,7-8,19-21H,2,6,9-17H2,1H3,(H3,27,28)(H,29,33)(H,30,36)/t19-,21-/m0/s1. The third-order valence-corrected chi connectivity index (χ3v) is 6.52. The molecule has 1 aliphatic carbocycles. The van der Waals surface area contributed by atoms with Crippen molar-refractivity contribution in [1.82, 2.24) is 20.4 Å². The van der Waals surface area contributed by atoms with Crippen molar-refractivity contribution in [2.75, 3.05) is 32.8 Å². The van der Waals surface area contributed by atoms with E-state index in [1.54, 1.807) is 24.0 Å². The Labute approximate surface area is 222 Å². The van der Waals surface area contributed by atoms with E-state index in [4.69, 9.17) is 20.6 Å². The Morgan fingerprint density at radius 2 is 1.89 bits per heavy atom. The highest BCUT2D eigenvalue weighted by Crippen LogP contribution is 2.27. The van der Waals surface area contributed by atoms with Crippen LogP contribution in [0.1, 0.15) is 44.6 Å². The maximum atomic E-state index is 13.5. The van der Waals surface area contributed by atoms with Crippen LogP contribution in [0.3, 0.4) is 0 Å². The summed E-state index contributed by atoms with van der Waals surface area (Å²) in [6, 6.07) is 7.73. The van der Waals surface area contributed by atoms with Gasteiger partial charge in [-0.1, -0.05) is 30.3 Å². The highest BCUT2D eigenvalue weighted by Gasteiger charge is 2.38. The van der Waals surface area contributed by atoms with Crippen molar-refractivity contribution in [2.24, 2.45) is 11.7 Å². The lowest BCUT2D eigenvalue weighted by molar-refractivity contribution is -0.150. The zero-order valence-corrected chi connectivity index (χ0v) is 21.8. The van der Waals surface area contributed by atoms with Crippen LogP contribution in [0.4, 0.5) is 4.79 Å². The minimum absolute atomic E-state index is 0.00325. The molecule has 1 heterocycles. The number of alkyl carbamates (subject to hydrolysis) is 1. The van der Waals surface area contributed by atoms with Crippen molar-refractivity contribution in [2.45, 2.75) is 57.7 Å². The number of carbonyl (C=O) groups is 4. The van der Waals surface area contributed by atoms with Gasteiger partial charge in [-0.15, -0.1) is 0 Å². The van der Waals surface area contributed by atoms with Gasteiger partial charge in [0.05, 0.1) is 13.0 Å². The lowest BCUT2D eigenvalue weighted by Crippen LogP contribution is -2.53. The molecule has 2 fully saturated rings. The minimum Gasteiger partial charge on any atom is -0.465 e. The molecule has 5 N–H and O–H groups in total. The summed E-state index contributed by atoms with van der Waals surface area (Å²) in [5.74, 6) is -1.38. The van der Waals surface area contributed by atoms with Crippen LogP contribution in [-0.2, 0) is 30.5 Å². The van der Waals surface area contributed by atoms with E-state index in [1.165, 1.54) is 4.90 Å². The third-order valence-electron chi connectivity index (χ3n) is 6.52. The first-order valence-electron chi connectivity index (χ1n) is 13.1. The smallest absolute Gasteiger partial charge is 0.408 e. The van der Waals surface area contributed by atoms with E-state index in [0.717, 1.165) is 31.2 Å². The predicted octanol–water partition coefficient (Wildman–Crippen LogP) is 0.947. The van der Waals surface area contributed by atoms with E-state index in [2.05, 4.69) is 10.6 Å². The molecule has 208 valence electrons. The number of hydrogen-bond acceptors (Lipinski definition) is 7. The van der Waals surface area contributed by atoms with Gasteiger partial charge in [-0.3, -0.25) is 19.8 Å². The fourth-order valence-electron chi connectivity index (χ4n) is 4.39. The van der Waals surface area contributed by atoms with Gasteiger partial charge in [-0.05, 0) is 44.1 Å². The SMILES string of the molecule is CCOC(=O)CN(C(=O)[C@H](CC(=O)NC[C@@H]1CCCN(C(=N)N)C1)NC(=O)OCc1ccccc1)C1CC1. The van der Waals surface area contributed by atoms with Gasteiger partial charge in [0, 0.05) is 25.7 Å². The number of likely N-dealkylation sites (tertiary alicyclic amines) is 1. The number of piperidine rings is 1. The number of nitrogens with one attached hydrogen (secondary N) is 3. The Hall–Kier alpha value is -3.83. The van der Waals surface area contributed by atoms with Gasteiger partial charge in [-0.2, -0.15) is 0 Å². The largest absolute Gasteiger partial charge is 0.465 e. The zero-order chi connectivity index (χ0) is 27.5. The molecular formula is C26H38N6O6. The Morgan fingerprint density at radius 1 is 1.16 bits per heavy atom. The lowest BCUT2D eigenvalue weighted by atomic mass is 9.98. The Kier molecular flexibility index (Phi) is 10.7. The third kappa shape index (κ3) is 9.24. The summed E-state index contributed by atoms with van der Waals surface area (Å²) >= 11 is 0. The molecule has 0 spiro atoms. The second kappa shape index (κ2) is 14.2. The molecule has 38 heavy (non-hydrogen) atoms. The fraction of sp³-hybridized carbons (Fsp3) is 0.577. The van der Waals surface area contributed by atoms with Crippen molar-refractivity contribution in [3.8, 4) is 0 Å².